The summed E-state index contributed by atoms with van der Waals surface area (Å²) in [7, 11) is 0. The van der Waals surface area contributed by atoms with Crippen molar-refractivity contribution in [2.24, 2.45) is 11.8 Å². The van der Waals surface area contributed by atoms with Gasteiger partial charge in [-0.25, -0.2) is 0 Å². The van der Waals surface area contributed by atoms with Crippen molar-refractivity contribution in [3.8, 4) is 0 Å². The van der Waals surface area contributed by atoms with Crippen LogP contribution in [-0.4, -0.2) is 12.6 Å². The highest BCUT2D eigenvalue weighted by molar-refractivity contribution is 5.72. The normalized spacial score (nSPS) is 15.9. The minimum atomic E-state index is 0.0883. The Kier molecular flexibility index (Phi) is 18.7. The molecule has 1 fully saturated rings. The molecule has 1 rings (SSSR count). The molecule has 1 unspecified atom stereocenters. The van der Waals surface area contributed by atoms with Crippen molar-refractivity contribution in [3.63, 3.8) is 0 Å². The second kappa shape index (κ2) is 20.4. The van der Waals surface area contributed by atoms with E-state index in [2.05, 4.69) is 13.8 Å². The molecule has 2 heteroatoms. The van der Waals surface area contributed by atoms with Gasteiger partial charge in [-0.1, -0.05) is 129 Å². The molecule has 0 bridgehead atoms. The van der Waals surface area contributed by atoms with E-state index in [0.29, 0.717) is 12.5 Å². The second-order valence-corrected chi connectivity index (χ2v) is 9.88. The zero-order valence-electron chi connectivity index (χ0n) is 20.7. The van der Waals surface area contributed by atoms with Crippen LogP contribution >= 0.6 is 0 Å². The third-order valence-electron chi connectivity index (χ3n) is 7.20. The van der Waals surface area contributed by atoms with Crippen LogP contribution in [0.5, 0.6) is 0 Å². The maximum Gasteiger partial charge on any atom is 0.309 e. The van der Waals surface area contributed by atoms with Gasteiger partial charge >= 0.3 is 5.97 Å². The Morgan fingerprint density at radius 3 is 1.53 bits per heavy atom. The molecule has 0 N–H and O–H groups in total. The summed E-state index contributed by atoms with van der Waals surface area (Å²) in [6.45, 7) is 5.08. The Morgan fingerprint density at radius 2 is 1.10 bits per heavy atom. The Balaban J connectivity index is 1.82. The van der Waals surface area contributed by atoms with Crippen LogP contribution in [0.4, 0.5) is 0 Å². The minimum absolute atomic E-state index is 0.0883. The van der Waals surface area contributed by atoms with Gasteiger partial charge in [-0.05, 0) is 31.6 Å². The molecular weight excluding hydrogens is 368 g/mol. The molecule has 178 valence electrons. The number of carbonyl (C=O) groups excluding carboxylic acids is 1. The van der Waals surface area contributed by atoms with Crippen LogP contribution in [0.1, 0.15) is 155 Å². The fourth-order valence-electron chi connectivity index (χ4n) is 5.16. The van der Waals surface area contributed by atoms with Gasteiger partial charge in [0.1, 0.15) is 0 Å². The minimum Gasteiger partial charge on any atom is -0.465 e. The average molecular weight is 423 g/mol. The number of ether oxygens (including phenoxy) is 1. The first-order valence-electron chi connectivity index (χ1n) is 14.0. The molecule has 1 aliphatic carbocycles. The number of hydrogen-bond donors (Lipinski definition) is 0. The maximum absolute atomic E-state index is 12.4. The summed E-state index contributed by atoms with van der Waals surface area (Å²) < 4.78 is 5.63. The quantitative estimate of drug-likeness (QED) is 0.144. The second-order valence-electron chi connectivity index (χ2n) is 9.88. The zero-order chi connectivity index (χ0) is 21.7. The lowest BCUT2D eigenvalue weighted by molar-refractivity contribution is -0.151. The number of esters is 1. The zero-order valence-corrected chi connectivity index (χ0v) is 20.7. The lowest BCUT2D eigenvalue weighted by atomic mass is 9.79. The van der Waals surface area contributed by atoms with Crippen LogP contribution in [0.2, 0.25) is 0 Å². The fraction of sp³-hybridized carbons (Fsp3) is 0.964. The highest BCUT2D eigenvalue weighted by atomic mass is 16.5. The van der Waals surface area contributed by atoms with Gasteiger partial charge < -0.3 is 4.74 Å². The van der Waals surface area contributed by atoms with E-state index in [-0.39, 0.29) is 11.9 Å². The molecule has 1 aliphatic rings. The van der Waals surface area contributed by atoms with Gasteiger partial charge in [-0.2, -0.15) is 0 Å². The van der Waals surface area contributed by atoms with Gasteiger partial charge in [-0.15, -0.1) is 0 Å². The molecule has 0 saturated heterocycles. The van der Waals surface area contributed by atoms with Crippen LogP contribution in [-0.2, 0) is 9.53 Å². The van der Waals surface area contributed by atoms with Gasteiger partial charge in [0.25, 0.3) is 0 Å². The highest BCUT2D eigenvalue weighted by Gasteiger charge is 2.28. The van der Waals surface area contributed by atoms with Gasteiger partial charge in [0.15, 0.2) is 0 Å². The van der Waals surface area contributed by atoms with Gasteiger partial charge in [-0.3, -0.25) is 4.79 Å². The lowest BCUT2D eigenvalue weighted by Crippen LogP contribution is -2.27. The Labute approximate surface area is 189 Å². The van der Waals surface area contributed by atoms with Crippen LogP contribution in [0.3, 0.4) is 0 Å². The third-order valence-corrected chi connectivity index (χ3v) is 7.20. The van der Waals surface area contributed by atoms with Crippen molar-refractivity contribution in [1.82, 2.24) is 0 Å². The first-order chi connectivity index (χ1) is 14.8. The molecule has 0 heterocycles. The van der Waals surface area contributed by atoms with Crippen LogP contribution in [0, 0.1) is 11.8 Å². The Morgan fingerprint density at radius 1 is 0.667 bits per heavy atom. The predicted octanol–water partition coefficient (Wildman–Crippen LogP) is 9.40. The molecular formula is C28H54O2. The third kappa shape index (κ3) is 14.5. The number of unbranched alkanes of at least 4 members (excludes halogenated alkanes) is 15. The smallest absolute Gasteiger partial charge is 0.309 e. The van der Waals surface area contributed by atoms with E-state index in [4.69, 9.17) is 4.74 Å². The summed E-state index contributed by atoms with van der Waals surface area (Å²) in [6, 6.07) is 0. The van der Waals surface area contributed by atoms with E-state index in [0.717, 1.165) is 12.8 Å². The van der Waals surface area contributed by atoms with Gasteiger partial charge in [0.05, 0.1) is 12.5 Å². The summed E-state index contributed by atoms with van der Waals surface area (Å²) in [5.41, 5.74) is 0. The highest BCUT2D eigenvalue weighted by Crippen LogP contribution is 2.32. The monoisotopic (exact) mass is 422 g/mol. The van der Waals surface area contributed by atoms with Crippen molar-refractivity contribution in [3.05, 3.63) is 0 Å². The molecule has 0 amide bonds. The van der Waals surface area contributed by atoms with Gasteiger partial charge in [0, 0.05) is 0 Å². The van der Waals surface area contributed by atoms with E-state index in [1.807, 2.05) is 0 Å². The van der Waals surface area contributed by atoms with Crippen LogP contribution in [0.25, 0.3) is 0 Å². The summed E-state index contributed by atoms with van der Waals surface area (Å²) in [5.74, 6) is 0.832. The Bertz CT molecular complexity index is 373. The van der Waals surface area contributed by atoms with E-state index < -0.39 is 0 Å². The molecule has 0 aliphatic heterocycles. The van der Waals surface area contributed by atoms with Crippen LogP contribution < -0.4 is 0 Å². The van der Waals surface area contributed by atoms with Gasteiger partial charge in [0.2, 0.25) is 0 Å². The van der Waals surface area contributed by atoms with Crippen molar-refractivity contribution >= 4 is 5.97 Å². The molecule has 2 nitrogen and oxygen atoms in total. The van der Waals surface area contributed by atoms with E-state index in [1.54, 1.807) is 0 Å². The molecule has 1 atom stereocenters. The van der Waals surface area contributed by atoms with Crippen molar-refractivity contribution in [2.75, 3.05) is 6.61 Å². The standard InChI is InChI=1S/C28H54O2/c1-3-5-6-7-8-9-10-11-12-13-14-15-16-17-18-22-25-30-28(29)27(4-2)26-23-20-19-21-24-26/h26-27H,3-25H2,1-2H3. The number of hydrogen-bond acceptors (Lipinski definition) is 2. The van der Waals surface area contributed by atoms with Crippen molar-refractivity contribution in [1.29, 1.82) is 0 Å². The first kappa shape index (κ1) is 27.5. The molecule has 30 heavy (non-hydrogen) atoms. The number of carbonyl (C=O) groups is 1. The molecule has 0 spiro atoms. The summed E-state index contributed by atoms with van der Waals surface area (Å²) >= 11 is 0. The maximum atomic E-state index is 12.4. The molecule has 0 aromatic rings. The SMILES string of the molecule is CCCCCCCCCCCCCCCCCCOC(=O)C(CC)C1CCCCC1. The summed E-state index contributed by atoms with van der Waals surface area (Å²) in [6.07, 6.45) is 29.4. The summed E-state index contributed by atoms with van der Waals surface area (Å²) in [5, 5.41) is 0. The topological polar surface area (TPSA) is 26.3 Å². The summed E-state index contributed by atoms with van der Waals surface area (Å²) in [4.78, 5) is 12.4. The molecule has 0 aromatic heterocycles. The Hall–Kier alpha value is -0.530. The lowest BCUT2D eigenvalue weighted by Gasteiger charge is -2.28. The molecule has 0 radical (unpaired) electrons. The van der Waals surface area contributed by atoms with E-state index in [9.17, 15) is 4.79 Å². The predicted molar refractivity (Wildman–Crippen MR) is 131 cm³/mol. The molecule has 0 aromatic carbocycles. The molecule has 1 saturated carbocycles. The van der Waals surface area contributed by atoms with Crippen LogP contribution in [0.15, 0.2) is 0 Å². The first-order valence-corrected chi connectivity index (χ1v) is 14.0. The van der Waals surface area contributed by atoms with Crippen molar-refractivity contribution < 1.29 is 9.53 Å². The fourth-order valence-corrected chi connectivity index (χ4v) is 5.16. The van der Waals surface area contributed by atoms with E-state index >= 15 is 0 Å². The average Bonchev–Trinajstić information content (AvgIpc) is 2.77. The van der Waals surface area contributed by atoms with Crippen molar-refractivity contribution in [2.45, 2.75) is 155 Å². The number of rotatable bonds is 20. The van der Waals surface area contributed by atoms with E-state index in [1.165, 1.54) is 128 Å². The largest absolute Gasteiger partial charge is 0.465 e.